The lowest BCUT2D eigenvalue weighted by atomic mass is 9.99. The van der Waals surface area contributed by atoms with E-state index in [0.717, 1.165) is 22.7 Å². The summed E-state index contributed by atoms with van der Waals surface area (Å²) in [6.07, 6.45) is 0. The minimum absolute atomic E-state index is 0.762. The number of aromatic nitrogens is 2. The topological polar surface area (TPSA) is 29.9 Å². The van der Waals surface area contributed by atoms with Crippen molar-refractivity contribution in [2.24, 2.45) is 7.05 Å². The van der Waals surface area contributed by atoms with E-state index in [2.05, 4.69) is 58.7 Å². The zero-order valence-electron chi connectivity index (χ0n) is 12.1. The number of rotatable bonds is 3. The van der Waals surface area contributed by atoms with Crippen LogP contribution in [0.25, 0.3) is 11.4 Å². The number of hydrogen-bond acceptors (Lipinski definition) is 2. The minimum Gasteiger partial charge on any atom is -0.322 e. The summed E-state index contributed by atoms with van der Waals surface area (Å²) in [5.74, 6) is 1.02. The molecule has 1 N–H and O–H groups in total. The lowest BCUT2D eigenvalue weighted by Crippen LogP contribution is -2.06. The maximum atomic E-state index is 4.77. The Morgan fingerprint density at radius 3 is 2.32 bits per heavy atom. The summed E-state index contributed by atoms with van der Waals surface area (Å²) >= 11 is 3.62. The Hall–Kier alpha value is -1.13. The van der Waals surface area contributed by atoms with E-state index < -0.39 is 0 Å². The van der Waals surface area contributed by atoms with Crippen LogP contribution in [0.3, 0.4) is 0 Å². The predicted molar refractivity (Wildman–Crippen MR) is 83.3 cm³/mol. The number of halogens is 1. The van der Waals surface area contributed by atoms with Crippen molar-refractivity contribution >= 4 is 15.9 Å². The third kappa shape index (κ3) is 2.60. The molecule has 0 amide bonds. The van der Waals surface area contributed by atoms with Gasteiger partial charge in [-0.3, -0.25) is 0 Å². The van der Waals surface area contributed by atoms with Crippen LogP contribution in [-0.4, -0.2) is 16.6 Å². The summed E-state index contributed by atoms with van der Waals surface area (Å²) < 4.78 is 3.15. The molecule has 19 heavy (non-hydrogen) atoms. The van der Waals surface area contributed by atoms with Gasteiger partial charge in [0.2, 0.25) is 0 Å². The molecule has 0 saturated heterocycles. The summed E-state index contributed by atoms with van der Waals surface area (Å²) in [6.45, 7) is 7.19. The largest absolute Gasteiger partial charge is 0.322 e. The van der Waals surface area contributed by atoms with Crippen LogP contribution in [0, 0.1) is 20.8 Å². The van der Waals surface area contributed by atoms with Gasteiger partial charge in [-0.1, -0.05) is 17.7 Å². The van der Waals surface area contributed by atoms with Gasteiger partial charge < -0.3 is 9.88 Å². The minimum atomic E-state index is 0.762. The van der Waals surface area contributed by atoms with Gasteiger partial charge in [0.25, 0.3) is 0 Å². The first-order valence-corrected chi connectivity index (χ1v) is 7.19. The molecule has 4 heteroatoms. The van der Waals surface area contributed by atoms with Crippen molar-refractivity contribution in [3.8, 4) is 11.4 Å². The molecule has 0 bridgehead atoms. The van der Waals surface area contributed by atoms with E-state index in [1.807, 2.05) is 14.1 Å². The van der Waals surface area contributed by atoms with E-state index in [1.54, 1.807) is 0 Å². The molecule has 102 valence electrons. The molecular weight excluding hydrogens is 302 g/mol. The van der Waals surface area contributed by atoms with Crippen molar-refractivity contribution in [1.29, 1.82) is 0 Å². The quantitative estimate of drug-likeness (QED) is 0.937. The Kier molecular flexibility index (Phi) is 4.11. The van der Waals surface area contributed by atoms with Crippen molar-refractivity contribution in [1.82, 2.24) is 14.9 Å². The van der Waals surface area contributed by atoms with E-state index >= 15 is 0 Å². The van der Waals surface area contributed by atoms with Crippen LogP contribution in [0.2, 0.25) is 0 Å². The van der Waals surface area contributed by atoms with E-state index in [-0.39, 0.29) is 0 Å². The van der Waals surface area contributed by atoms with E-state index in [1.165, 1.54) is 22.3 Å². The van der Waals surface area contributed by atoms with Crippen molar-refractivity contribution < 1.29 is 0 Å². The van der Waals surface area contributed by atoms with Gasteiger partial charge in [0.05, 0.1) is 5.69 Å². The molecule has 2 aromatic rings. The normalized spacial score (nSPS) is 11.1. The lowest BCUT2D eigenvalue weighted by molar-refractivity contribution is 0.788. The lowest BCUT2D eigenvalue weighted by Gasteiger charge is -2.11. The molecule has 0 unspecified atom stereocenters. The van der Waals surface area contributed by atoms with Gasteiger partial charge in [0.1, 0.15) is 10.4 Å². The van der Waals surface area contributed by atoms with Crippen molar-refractivity contribution in [2.45, 2.75) is 27.3 Å². The van der Waals surface area contributed by atoms with Gasteiger partial charge in [0, 0.05) is 19.2 Å². The van der Waals surface area contributed by atoms with Gasteiger partial charge in [0.15, 0.2) is 0 Å². The molecule has 0 aliphatic rings. The molecule has 3 nitrogen and oxygen atoms in total. The number of hydrogen-bond donors (Lipinski definition) is 1. The zero-order valence-corrected chi connectivity index (χ0v) is 13.7. The summed E-state index contributed by atoms with van der Waals surface area (Å²) in [7, 11) is 3.98. The van der Waals surface area contributed by atoms with Crippen LogP contribution < -0.4 is 5.32 Å². The first-order chi connectivity index (χ1) is 8.95. The highest BCUT2D eigenvalue weighted by molar-refractivity contribution is 9.10. The van der Waals surface area contributed by atoms with Crippen molar-refractivity contribution in [2.75, 3.05) is 7.05 Å². The second-order valence-electron chi connectivity index (χ2n) is 5.04. The van der Waals surface area contributed by atoms with Crippen LogP contribution in [-0.2, 0) is 13.6 Å². The molecule has 0 radical (unpaired) electrons. The maximum Gasteiger partial charge on any atom is 0.141 e. The fourth-order valence-corrected chi connectivity index (χ4v) is 2.97. The van der Waals surface area contributed by atoms with Crippen LogP contribution in [0.1, 0.15) is 22.4 Å². The standard InChI is InChI=1S/C15H20BrN3/c1-9-6-10(2)13(11(3)7-9)15-18-12(8-17-4)14(16)19(15)5/h6-7,17H,8H2,1-5H3. The molecule has 2 rings (SSSR count). The molecule has 0 saturated carbocycles. The third-order valence-corrected chi connectivity index (χ3v) is 4.33. The molecule has 0 spiro atoms. The van der Waals surface area contributed by atoms with Gasteiger partial charge in [-0.25, -0.2) is 4.98 Å². The summed E-state index contributed by atoms with van der Waals surface area (Å²) in [5, 5.41) is 3.15. The van der Waals surface area contributed by atoms with Gasteiger partial charge in [-0.15, -0.1) is 0 Å². The van der Waals surface area contributed by atoms with Crippen LogP contribution in [0.4, 0.5) is 0 Å². The van der Waals surface area contributed by atoms with Gasteiger partial charge >= 0.3 is 0 Å². The number of benzene rings is 1. The number of aryl methyl sites for hydroxylation is 3. The van der Waals surface area contributed by atoms with Gasteiger partial charge in [-0.05, 0) is 54.9 Å². The molecule has 1 heterocycles. The fraction of sp³-hybridized carbons (Fsp3) is 0.400. The summed E-state index contributed by atoms with van der Waals surface area (Å²) in [6, 6.07) is 4.42. The third-order valence-electron chi connectivity index (χ3n) is 3.34. The Morgan fingerprint density at radius 1 is 1.21 bits per heavy atom. The van der Waals surface area contributed by atoms with E-state index in [0.29, 0.717) is 0 Å². The van der Waals surface area contributed by atoms with Crippen LogP contribution >= 0.6 is 15.9 Å². The Bertz CT molecular complexity index is 591. The fourth-order valence-electron chi connectivity index (χ4n) is 2.57. The Labute approximate surface area is 123 Å². The van der Waals surface area contributed by atoms with E-state index in [4.69, 9.17) is 4.98 Å². The zero-order chi connectivity index (χ0) is 14.2. The van der Waals surface area contributed by atoms with Crippen LogP contribution in [0.5, 0.6) is 0 Å². The first kappa shape index (κ1) is 14.3. The number of imidazole rings is 1. The Morgan fingerprint density at radius 2 is 1.79 bits per heavy atom. The monoisotopic (exact) mass is 321 g/mol. The summed E-state index contributed by atoms with van der Waals surface area (Å²) in [5.41, 5.74) is 6.11. The highest BCUT2D eigenvalue weighted by Gasteiger charge is 2.16. The SMILES string of the molecule is CNCc1nc(-c2c(C)cc(C)cc2C)n(C)c1Br. The smallest absolute Gasteiger partial charge is 0.141 e. The molecule has 0 aliphatic carbocycles. The van der Waals surface area contributed by atoms with Crippen LogP contribution in [0.15, 0.2) is 16.7 Å². The maximum absolute atomic E-state index is 4.77. The summed E-state index contributed by atoms with van der Waals surface area (Å²) in [4.78, 5) is 4.77. The predicted octanol–water partition coefficient (Wildman–Crippen LogP) is 3.49. The molecule has 1 aromatic carbocycles. The Balaban J connectivity index is 2.63. The molecule has 0 atom stereocenters. The molecule has 1 aromatic heterocycles. The van der Waals surface area contributed by atoms with Crippen molar-refractivity contribution in [3.05, 3.63) is 39.1 Å². The first-order valence-electron chi connectivity index (χ1n) is 6.39. The second kappa shape index (κ2) is 5.47. The average molecular weight is 322 g/mol. The number of nitrogens with zero attached hydrogens (tertiary/aromatic N) is 2. The van der Waals surface area contributed by atoms with Gasteiger partial charge in [-0.2, -0.15) is 0 Å². The molecule has 0 aliphatic heterocycles. The highest BCUT2D eigenvalue weighted by Crippen LogP contribution is 2.30. The highest BCUT2D eigenvalue weighted by atomic mass is 79.9. The second-order valence-corrected chi connectivity index (χ2v) is 5.79. The van der Waals surface area contributed by atoms with Crippen molar-refractivity contribution in [3.63, 3.8) is 0 Å². The van der Waals surface area contributed by atoms with E-state index in [9.17, 15) is 0 Å². The number of nitrogens with one attached hydrogen (secondary N) is 1. The average Bonchev–Trinajstić information content (AvgIpc) is 2.57. The molecule has 0 fully saturated rings. The molecular formula is C15H20BrN3.